The van der Waals surface area contributed by atoms with E-state index in [1.54, 1.807) is 12.1 Å². The van der Waals surface area contributed by atoms with Gasteiger partial charge in [0.05, 0.1) is 19.1 Å². The first-order chi connectivity index (χ1) is 12.8. The summed E-state index contributed by atoms with van der Waals surface area (Å²) in [6.07, 6.45) is 0.392. The number of halogens is 2. The minimum absolute atomic E-state index is 0.108. The van der Waals surface area contributed by atoms with Crippen molar-refractivity contribution in [2.45, 2.75) is 23.8 Å². The van der Waals surface area contributed by atoms with E-state index < -0.39 is 4.92 Å². The number of thioether (sulfide) groups is 1. The van der Waals surface area contributed by atoms with Crippen LogP contribution in [0.15, 0.2) is 23.4 Å². The second-order valence-electron chi connectivity index (χ2n) is 5.19. The average Bonchev–Trinajstić information content (AvgIpc) is 2.64. The summed E-state index contributed by atoms with van der Waals surface area (Å²) in [5.74, 6) is 0.226. The van der Waals surface area contributed by atoms with Gasteiger partial charge in [-0.05, 0) is 18.1 Å². The molecule has 11 heteroatoms. The molecule has 144 valence electrons. The van der Waals surface area contributed by atoms with Crippen LogP contribution in [-0.2, 0) is 21.7 Å². The summed E-state index contributed by atoms with van der Waals surface area (Å²) in [4.78, 5) is 30.0. The van der Waals surface area contributed by atoms with Crippen LogP contribution in [0, 0.1) is 10.1 Å². The molecule has 1 heterocycles. The van der Waals surface area contributed by atoms with Crippen molar-refractivity contribution in [1.82, 2.24) is 9.97 Å². The largest absolute Gasteiger partial charge is 0.490 e. The predicted octanol–water partition coefficient (Wildman–Crippen LogP) is 4.10. The summed E-state index contributed by atoms with van der Waals surface area (Å²) in [5, 5.41) is 11.6. The lowest BCUT2D eigenvalue weighted by atomic mass is 10.2. The van der Waals surface area contributed by atoms with Crippen molar-refractivity contribution in [3.05, 3.63) is 49.7 Å². The van der Waals surface area contributed by atoms with Gasteiger partial charge in [-0.1, -0.05) is 41.0 Å². The third-order valence-electron chi connectivity index (χ3n) is 3.50. The third kappa shape index (κ3) is 5.69. The first kappa shape index (κ1) is 21.2. The van der Waals surface area contributed by atoms with E-state index in [2.05, 4.69) is 14.7 Å². The van der Waals surface area contributed by atoms with E-state index in [-0.39, 0.29) is 40.6 Å². The van der Waals surface area contributed by atoms with E-state index in [1.165, 1.54) is 32.0 Å². The Bertz CT molecular complexity index is 843. The molecule has 1 aromatic heterocycles. The minimum Gasteiger partial charge on any atom is -0.490 e. The van der Waals surface area contributed by atoms with Crippen LogP contribution in [0.5, 0.6) is 5.75 Å². The van der Waals surface area contributed by atoms with E-state index in [1.807, 2.05) is 0 Å². The molecule has 2 aromatic rings. The van der Waals surface area contributed by atoms with Gasteiger partial charge in [-0.25, -0.2) is 9.97 Å². The van der Waals surface area contributed by atoms with Gasteiger partial charge in [0.1, 0.15) is 10.3 Å². The number of hydrogen-bond donors (Lipinski definition) is 0. The molecule has 2 rings (SSSR count). The van der Waals surface area contributed by atoms with Crippen LogP contribution in [-0.4, -0.2) is 35.1 Å². The molecule has 0 radical (unpaired) electrons. The lowest BCUT2D eigenvalue weighted by molar-refractivity contribution is -0.385. The monoisotopic (exact) mass is 431 g/mol. The van der Waals surface area contributed by atoms with Crippen molar-refractivity contribution in [3.63, 3.8) is 0 Å². The quantitative estimate of drug-likeness (QED) is 0.153. The molecule has 0 saturated heterocycles. The third-order valence-corrected chi connectivity index (χ3v) is 5.04. The summed E-state index contributed by atoms with van der Waals surface area (Å²) in [6, 6.07) is 4.59. The number of nitro benzene ring substituents is 1. The van der Waals surface area contributed by atoms with Gasteiger partial charge in [0.2, 0.25) is 0 Å². The van der Waals surface area contributed by atoms with Crippen LogP contribution < -0.4 is 4.74 Å². The van der Waals surface area contributed by atoms with Crippen LogP contribution in [0.3, 0.4) is 0 Å². The summed E-state index contributed by atoms with van der Waals surface area (Å²) in [7, 11) is 2.67. The molecule has 0 unspecified atom stereocenters. The average molecular weight is 432 g/mol. The standard InChI is InChI=1S/C16H15Cl2N3O5S/c1-25-12-7-9(3-5-11(12)21(23)24)8-27-16-19-14(17)10(15(18)20-16)4-6-13(22)26-2/h3,5,7H,4,6,8H2,1-2H3. The molecule has 27 heavy (non-hydrogen) atoms. The number of methoxy groups -OCH3 is 2. The van der Waals surface area contributed by atoms with Gasteiger partial charge in [-0.3, -0.25) is 14.9 Å². The van der Waals surface area contributed by atoms with Gasteiger partial charge in [0, 0.05) is 23.8 Å². The molecule has 0 fully saturated rings. The van der Waals surface area contributed by atoms with Gasteiger partial charge in [-0.15, -0.1) is 0 Å². The summed E-state index contributed by atoms with van der Waals surface area (Å²) in [5.41, 5.74) is 1.15. The molecule has 0 amide bonds. The molecule has 0 atom stereocenters. The number of carbonyl (C=O) groups excluding carboxylic acids is 1. The normalized spacial score (nSPS) is 10.5. The number of carbonyl (C=O) groups is 1. The van der Waals surface area contributed by atoms with Crippen molar-refractivity contribution < 1.29 is 19.2 Å². The maximum Gasteiger partial charge on any atom is 0.310 e. The van der Waals surface area contributed by atoms with Crippen LogP contribution in [0.2, 0.25) is 10.3 Å². The van der Waals surface area contributed by atoms with E-state index in [0.29, 0.717) is 16.5 Å². The Labute approximate surface area is 169 Å². The number of ether oxygens (including phenoxy) is 2. The Hall–Kier alpha value is -2.10. The summed E-state index contributed by atoms with van der Waals surface area (Å²) >= 11 is 13.6. The maximum absolute atomic E-state index is 11.2. The highest BCUT2D eigenvalue weighted by molar-refractivity contribution is 7.98. The smallest absolute Gasteiger partial charge is 0.310 e. The lowest BCUT2D eigenvalue weighted by Crippen LogP contribution is -2.04. The van der Waals surface area contributed by atoms with Crippen molar-refractivity contribution in [2.24, 2.45) is 0 Å². The summed E-state index contributed by atoms with van der Waals surface area (Å²) in [6.45, 7) is 0. The zero-order chi connectivity index (χ0) is 20.0. The van der Waals surface area contributed by atoms with Gasteiger partial charge >= 0.3 is 11.7 Å². The summed E-state index contributed by atoms with van der Waals surface area (Å²) < 4.78 is 9.63. The highest BCUT2D eigenvalue weighted by Gasteiger charge is 2.16. The molecular weight excluding hydrogens is 417 g/mol. The number of benzene rings is 1. The highest BCUT2D eigenvalue weighted by Crippen LogP contribution is 2.31. The molecular formula is C16H15Cl2N3O5S. The fourth-order valence-corrected chi connectivity index (χ4v) is 3.59. The molecule has 1 aromatic carbocycles. The second kappa shape index (κ2) is 9.72. The first-order valence-corrected chi connectivity index (χ1v) is 9.32. The van der Waals surface area contributed by atoms with Crippen LogP contribution in [0.1, 0.15) is 17.5 Å². The van der Waals surface area contributed by atoms with Crippen LogP contribution >= 0.6 is 35.0 Å². The van der Waals surface area contributed by atoms with Gasteiger partial charge < -0.3 is 9.47 Å². The number of nitrogens with zero attached hydrogens (tertiary/aromatic N) is 3. The second-order valence-corrected chi connectivity index (χ2v) is 6.85. The number of esters is 1. The number of nitro groups is 1. The van der Waals surface area contributed by atoms with E-state index in [0.717, 1.165) is 5.56 Å². The molecule has 0 aliphatic carbocycles. The zero-order valence-electron chi connectivity index (χ0n) is 14.4. The topological polar surface area (TPSA) is 104 Å². The molecule has 0 aliphatic heterocycles. The van der Waals surface area contributed by atoms with E-state index in [9.17, 15) is 14.9 Å². The van der Waals surface area contributed by atoms with E-state index >= 15 is 0 Å². The molecule has 0 saturated carbocycles. The fraction of sp³-hybridized carbons (Fsp3) is 0.312. The van der Waals surface area contributed by atoms with Crippen molar-refractivity contribution in [1.29, 1.82) is 0 Å². The number of hydrogen-bond acceptors (Lipinski definition) is 8. The van der Waals surface area contributed by atoms with Gasteiger partial charge in [-0.2, -0.15) is 0 Å². The minimum atomic E-state index is -0.508. The molecule has 0 N–H and O–H groups in total. The predicted molar refractivity (Wildman–Crippen MR) is 102 cm³/mol. The first-order valence-electron chi connectivity index (χ1n) is 7.58. The number of aromatic nitrogens is 2. The van der Waals surface area contributed by atoms with Crippen LogP contribution in [0.4, 0.5) is 5.69 Å². The molecule has 0 spiro atoms. The van der Waals surface area contributed by atoms with Gasteiger partial charge in [0.25, 0.3) is 0 Å². The zero-order valence-corrected chi connectivity index (χ0v) is 16.7. The number of rotatable bonds is 8. The Morgan fingerprint density at radius 2 is 1.93 bits per heavy atom. The van der Waals surface area contributed by atoms with Crippen molar-refractivity contribution >= 4 is 46.6 Å². The Balaban J connectivity index is 2.10. The van der Waals surface area contributed by atoms with Crippen LogP contribution in [0.25, 0.3) is 0 Å². The van der Waals surface area contributed by atoms with E-state index in [4.69, 9.17) is 27.9 Å². The van der Waals surface area contributed by atoms with Gasteiger partial charge in [0.15, 0.2) is 10.9 Å². The lowest BCUT2D eigenvalue weighted by Gasteiger charge is -2.08. The Morgan fingerprint density at radius 1 is 1.26 bits per heavy atom. The fourth-order valence-electron chi connectivity index (χ4n) is 2.12. The molecule has 0 aliphatic rings. The molecule has 0 bridgehead atoms. The highest BCUT2D eigenvalue weighted by atomic mass is 35.5. The maximum atomic E-state index is 11.2. The Morgan fingerprint density at radius 3 is 2.48 bits per heavy atom. The van der Waals surface area contributed by atoms with Crippen molar-refractivity contribution in [2.75, 3.05) is 14.2 Å². The SMILES string of the molecule is COC(=O)CCc1c(Cl)nc(SCc2ccc([N+](=O)[O-])c(OC)c2)nc1Cl. The Kier molecular flexibility index (Phi) is 7.64. The van der Waals surface area contributed by atoms with Crippen molar-refractivity contribution in [3.8, 4) is 5.75 Å². The molecule has 8 nitrogen and oxygen atoms in total.